The van der Waals surface area contributed by atoms with Gasteiger partial charge in [0.25, 0.3) is 5.91 Å². The Morgan fingerprint density at radius 1 is 1.27 bits per heavy atom. The standard InChI is InChI=1S/C17H17N3O6/c1-2-25-13-5-3-12(4-6-13)18-16(21)11-9-19(10-11)17(22)14-7-8-15(26-14)20(23)24/h3-8,11H,2,9-10H2,1H3,(H,18,21). The molecular weight excluding hydrogens is 342 g/mol. The van der Waals surface area contributed by atoms with Gasteiger partial charge in [-0.15, -0.1) is 0 Å². The van der Waals surface area contributed by atoms with E-state index in [4.69, 9.17) is 9.15 Å². The van der Waals surface area contributed by atoms with Crippen LogP contribution in [0.25, 0.3) is 0 Å². The van der Waals surface area contributed by atoms with Crippen molar-refractivity contribution in [2.45, 2.75) is 6.92 Å². The summed E-state index contributed by atoms with van der Waals surface area (Å²) in [5.74, 6) is -0.874. The van der Waals surface area contributed by atoms with E-state index in [-0.39, 0.29) is 30.7 Å². The van der Waals surface area contributed by atoms with Gasteiger partial charge in [0.05, 0.1) is 18.6 Å². The lowest BCUT2D eigenvalue weighted by molar-refractivity contribution is -0.402. The maximum absolute atomic E-state index is 12.2. The molecule has 2 amide bonds. The first-order valence-corrected chi connectivity index (χ1v) is 8.05. The average molecular weight is 359 g/mol. The number of carbonyl (C=O) groups is 2. The largest absolute Gasteiger partial charge is 0.494 e. The number of carbonyl (C=O) groups excluding carboxylic acids is 2. The fourth-order valence-corrected chi connectivity index (χ4v) is 2.55. The number of benzene rings is 1. The van der Waals surface area contributed by atoms with E-state index in [0.717, 1.165) is 11.8 Å². The predicted octanol–water partition coefficient (Wildman–Crippen LogP) is 2.30. The molecule has 1 saturated heterocycles. The van der Waals surface area contributed by atoms with Gasteiger partial charge in [-0.05, 0) is 37.3 Å². The van der Waals surface area contributed by atoms with Crippen molar-refractivity contribution in [2.75, 3.05) is 25.0 Å². The Kier molecular flexibility index (Phi) is 4.87. The molecule has 1 fully saturated rings. The maximum atomic E-state index is 12.2. The molecule has 1 aromatic heterocycles. The van der Waals surface area contributed by atoms with Crippen LogP contribution in [0.5, 0.6) is 5.75 Å². The lowest BCUT2D eigenvalue weighted by Gasteiger charge is -2.37. The second kappa shape index (κ2) is 7.26. The molecule has 0 spiro atoms. The molecule has 9 nitrogen and oxygen atoms in total. The van der Waals surface area contributed by atoms with Crippen LogP contribution in [-0.2, 0) is 4.79 Å². The van der Waals surface area contributed by atoms with E-state index in [9.17, 15) is 19.7 Å². The summed E-state index contributed by atoms with van der Waals surface area (Å²) in [5.41, 5.74) is 0.643. The second-order valence-corrected chi connectivity index (χ2v) is 5.75. The Bertz CT molecular complexity index is 823. The quantitative estimate of drug-likeness (QED) is 0.625. The number of hydrogen-bond acceptors (Lipinski definition) is 6. The maximum Gasteiger partial charge on any atom is 0.433 e. The van der Waals surface area contributed by atoms with Crippen molar-refractivity contribution in [3.63, 3.8) is 0 Å². The molecule has 2 aromatic rings. The number of nitro groups is 1. The van der Waals surface area contributed by atoms with Crippen LogP contribution in [0.2, 0.25) is 0 Å². The first kappa shape index (κ1) is 17.5. The molecule has 0 aliphatic carbocycles. The third kappa shape index (κ3) is 3.66. The molecule has 1 aliphatic heterocycles. The third-order valence-corrected chi connectivity index (χ3v) is 3.95. The van der Waals surface area contributed by atoms with Crippen LogP contribution in [0.3, 0.4) is 0 Å². The van der Waals surface area contributed by atoms with Crippen LogP contribution >= 0.6 is 0 Å². The molecule has 0 bridgehead atoms. The zero-order chi connectivity index (χ0) is 18.7. The van der Waals surface area contributed by atoms with Gasteiger partial charge in [0.15, 0.2) is 5.76 Å². The SMILES string of the molecule is CCOc1ccc(NC(=O)C2CN(C(=O)c3ccc([N+](=O)[O-])o3)C2)cc1. The van der Waals surface area contributed by atoms with Crippen LogP contribution < -0.4 is 10.1 Å². The number of furan rings is 1. The molecule has 0 unspecified atom stereocenters. The van der Waals surface area contributed by atoms with Crippen molar-refractivity contribution >= 4 is 23.4 Å². The van der Waals surface area contributed by atoms with E-state index in [0.29, 0.717) is 12.3 Å². The first-order valence-electron chi connectivity index (χ1n) is 8.05. The highest BCUT2D eigenvalue weighted by Gasteiger charge is 2.37. The molecule has 1 aromatic carbocycles. The number of anilines is 1. The normalized spacial score (nSPS) is 13.8. The molecule has 1 aliphatic rings. The summed E-state index contributed by atoms with van der Waals surface area (Å²) < 4.78 is 10.2. The molecular formula is C17H17N3O6. The summed E-state index contributed by atoms with van der Waals surface area (Å²) >= 11 is 0. The minimum absolute atomic E-state index is 0.109. The van der Waals surface area contributed by atoms with Crippen molar-refractivity contribution in [3.05, 3.63) is 52.3 Å². The number of nitrogens with zero attached hydrogens (tertiary/aromatic N) is 2. The van der Waals surface area contributed by atoms with Crippen LogP contribution in [-0.4, -0.2) is 41.3 Å². The van der Waals surface area contributed by atoms with Crippen LogP contribution in [0.1, 0.15) is 17.5 Å². The Morgan fingerprint density at radius 2 is 1.96 bits per heavy atom. The van der Waals surface area contributed by atoms with Gasteiger partial charge in [-0.1, -0.05) is 0 Å². The Labute approximate surface area is 148 Å². The average Bonchev–Trinajstić information content (AvgIpc) is 3.06. The summed E-state index contributed by atoms with van der Waals surface area (Å²) in [4.78, 5) is 35.7. The van der Waals surface area contributed by atoms with Crippen LogP contribution in [0.4, 0.5) is 11.6 Å². The summed E-state index contributed by atoms with van der Waals surface area (Å²) in [7, 11) is 0. The summed E-state index contributed by atoms with van der Waals surface area (Å²) in [6.45, 7) is 2.92. The molecule has 9 heteroatoms. The highest BCUT2D eigenvalue weighted by molar-refractivity contribution is 5.97. The van der Waals surface area contributed by atoms with Crippen LogP contribution in [0.15, 0.2) is 40.8 Å². The third-order valence-electron chi connectivity index (χ3n) is 3.95. The van der Waals surface area contributed by atoms with Crippen molar-refractivity contribution < 1.29 is 23.7 Å². The topological polar surface area (TPSA) is 115 Å². The minimum Gasteiger partial charge on any atom is -0.494 e. The summed E-state index contributed by atoms with van der Waals surface area (Å²) in [5, 5.41) is 13.4. The van der Waals surface area contributed by atoms with Gasteiger partial charge in [-0.25, -0.2) is 0 Å². The van der Waals surface area contributed by atoms with E-state index >= 15 is 0 Å². The van der Waals surface area contributed by atoms with Crippen molar-refractivity contribution in [2.24, 2.45) is 5.92 Å². The highest BCUT2D eigenvalue weighted by atomic mass is 16.6. The summed E-state index contributed by atoms with van der Waals surface area (Å²) in [6.07, 6.45) is 0. The summed E-state index contributed by atoms with van der Waals surface area (Å²) in [6, 6.07) is 9.40. The van der Waals surface area contributed by atoms with Gasteiger partial charge in [0.2, 0.25) is 5.91 Å². The molecule has 136 valence electrons. The molecule has 0 saturated carbocycles. The van der Waals surface area contributed by atoms with Gasteiger partial charge in [0, 0.05) is 18.8 Å². The zero-order valence-corrected chi connectivity index (χ0v) is 14.0. The smallest absolute Gasteiger partial charge is 0.433 e. The Balaban J connectivity index is 1.51. The number of amides is 2. The van der Waals surface area contributed by atoms with Gasteiger partial charge in [-0.3, -0.25) is 19.7 Å². The van der Waals surface area contributed by atoms with Crippen molar-refractivity contribution in [3.8, 4) is 5.75 Å². The first-order chi connectivity index (χ1) is 12.5. The fourth-order valence-electron chi connectivity index (χ4n) is 2.55. The van der Waals surface area contributed by atoms with E-state index < -0.39 is 16.7 Å². The highest BCUT2D eigenvalue weighted by Crippen LogP contribution is 2.24. The lowest BCUT2D eigenvalue weighted by Crippen LogP contribution is -2.54. The van der Waals surface area contributed by atoms with E-state index in [1.807, 2.05) is 6.92 Å². The van der Waals surface area contributed by atoms with Gasteiger partial charge in [-0.2, -0.15) is 0 Å². The zero-order valence-electron chi connectivity index (χ0n) is 14.0. The Hall–Kier alpha value is -3.36. The molecule has 3 rings (SSSR count). The molecule has 0 atom stereocenters. The minimum atomic E-state index is -0.708. The predicted molar refractivity (Wildman–Crippen MR) is 91.0 cm³/mol. The monoisotopic (exact) mass is 359 g/mol. The van der Waals surface area contributed by atoms with Crippen molar-refractivity contribution in [1.29, 1.82) is 0 Å². The van der Waals surface area contributed by atoms with Gasteiger partial charge < -0.3 is 19.4 Å². The van der Waals surface area contributed by atoms with Gasteiger partial charge >= 0.3 is 5.88 Å². The van der Waals surface area contributed by atoms with E-state index in [1.165, 1.54) is 11.0 Å². The number of hydrogen-bond donors (Lipinski definition) is 1. The van der Waals surface area contributed by atoms with E-state index in [1.54, 1.807) is 24.3 Å². The fraction of sp³-hybridized carbons (Fsp3) is 0.294. The van der Waals surface area contributed by atoms with Crippen LogP contribution in [0, 0.1) is 16.0 Å². The number of nitrogens with one attached hydrogen (secondary N) is 1. The van der Waals surface area contributed by atoms with Gasteiger partial charge in [0.1, 0.15) is 10.7 Å². The molecule has 1 N–H and O–H groups in total. The number of rotatable bonds is 6. The number of ether oxygens (including phenoxy) is 1. The molecule has 2 heterocycles. The van der Waals surface area contributed by atoms with Crippen molar-refractivity contribution in [1.82, 2.24) is 4.90 Å². The molecule has 0 radical (unpaired) electrons. The lowest BCUT2D eigenvalue weighted by atomic mass is 9.98. The number of likely N-dealkylation sites (tertiary alicyclic amines) is 1. The molecule has 26 heavy (non-hydrogen) atoms. The Morgan fingerprint density at radius 3 is 2.54 bits per heavy atom. The second-order valence-electron chi connectivity index (χ2n) is 5.75. The van der Waals surface area contributed by atoms with E-state index in [2.05, 4.69) is 5.32 Å².